The molecule has 1 aliphatic heterocycles. The average Bonchev–Trinajstić information content (AvgIpc) is 3.52. The molecule has 5 heteroatoms. The van der Waals surface area contributed by atoms with Gasteiger partial charge >= 0.3 is 0 Å². The molecule has 0 bridgehead atoms. The maximum Gasteiger partial charge on any atom is 0.258 e. The van der Waals surface area contributed by atoms with Crippen LogP contribution in [-0.2, 0) is 0 Å². The predicted octanol–water partition coefficient (Wildman–Crippen LogP) is 3.83. The molecule has 0 aromatic heterocycles. The minimum absolute atomic E-state index is 0.0717. The van der Waals surface area contributed by atoms with Gasteiger partial charge in [0.2, 0.25) is 0 Å². The number of terminal acetylenes is 1. The van der Waals surface area contributed by atoms with Crippen molar-refractivity contribution in [2.24, 2.45) is 0 Å². The van der Waals surface area contributed by atoms with Gasteiger partial charge in [0, 0.05) is 11.7 Å². The van der Waals surface area contributed by atoms with Crippen LogP contribution in [0, 0.1) is 12.3 Å². The lowest BCUT2D eigenvalue weighted by atomic mass is 10.0. The van der Waals surface area contributed by atoms with Crippen LogP contribution >= 0.6 is 0 Å². The van der Waals surface area contributed by atoms with Gasteiger partial charge in [-0.1, -0.05) is 24.1 Å². The second-order valence-electron chi connectivity index (χ2n) is 6.67. The van der Waals surface area contributed by atoms with Crippen LogP contribution in [0.3, 0.4) is 0 Å². The van der Waals surface area contributed by atoms with Gasteiger partial charge in [0.05, 0.1) is 12.2 Å². The van der Waals surface area contributed by atoms with Crippen LogP contribution in [0.4, 0.5) is 5.69 Å². The summed E-state index contributed by atoms with van der Waals surface area (Å²) >= 11 is 0. The Labute approximate surface area is 159 Å². The zero-order chi connectivity index (χ0) is 18.8. The highest BCUT2D eigenvalue weighted by atomic mass is 16.5. The van der Waals surface area contributed by atoms with Crippen LogP contribution in [0.1, 0.15) is 41.9 Å². The summed E-state index contributed by atoms with van der Waals surface area (Å²) in [6.45, 7) is 2.62. The molecular weight excluding hydrogens is 340 g/mol. The first-order chi connectivity index (χ1) is 13.2. The predicted molar refractivity (Wildman–Crippen MR) is 104 cm³/mol. The molecule has 0 spiro atoms. The summed E-state index contributed by atoms with van der Waals surface area (Å²) in [6.07, 6.45) is 7.13. The number of para-hydroxylation sites is 1. The summed E-state index contributed by atoms with van der Waals surface area (Å²) in [5.41, 5.74) is 2.54. The van der Waals surface area contributed by atoms with Gasteiger partial charge in [0.15, 0.2) is 11.5 Å². The Balaban J connectivity index is 1.71. The third-order valence-electron chi connectivity index (χ3n) is 4.80. The van der Waals surface area contributed by atoms with E-state index in [0.717, 1.165) is 29.7 Å². The number of nitrogens with zero attached hydrogens (tertiary/aromatic N) is 1. The summed E-state index contributed by atoms with van der Waals surface area (Å²) in [5.74, 6) is 3.78. The van der Waals surface area contributed by atoms with Gasteiger partial charge in [0.1, 0.15) is 12.8 Å². The highest BCUT2D eigenvalue weighted by molar-refractivity contribution is 6.02. The Bertz CT molecular complexity index is 899. The molecular formula is C22H22N2O3. The molecule has 0 unspecified atom stereocenters. The van der Waals surface area contributed by atoms with Crippen molar-refractivity contribution >= 4 is 11.6 Å². The zero-order valence-corrected chi connectivity index (χ0v) is 15.3. The lowest BCUT2D eigenvalue weighted by molar-refractivity contribution is 0.0666. The maximum atomic E-state index is 13.1. The molecule has 2 aliphatic rings. The number of hydrogen-bond acceptors (Lipinski definition) is 4. The first kappa shape index (κ1) is 17.3. The number of amides is 1. The van der Waals surface area contributed by atoms with E-state index < -0.39 is 0 Å². The molecule has 1 amide bonds. The molecule has 138 valence electrons. The van der Waals surface area contributed by atoms with Crippen LogP contribution in [0.2, 0.25) is 0 Å². The fourth-order valence-electron chi connectivity index (χ4n) is 3.44. The summed E-state index contributed by atoms with van der Waals surface area (Å²) < 4.78 is 11.3. The third kappa shape index (κ3) is 3.31. The average molecular weight is 362 g/mol. The third-order valence-corrected chi connectivity index (χ3v) is 4.80. The number of rotatable bonds is 6. The minimum Gasteiger partial charge on any atom is -0.490 e. The summed E-state index contributed by atoms with van der Waals surface area (Å²) in [6, 6.07) is 13.7. The van der Waals surface area contributed by atoms with Gasteiger partial charge in [-0.25, -0.2) is 0 Å². The van der Waals surface area contributed by atoms with Crippen molar-refractivity contribution < 1.29 is 14.3 Å². The molecule has 0 radical (unpaired) electrons. The Morgan fingerprint density at radius 3 is 2.74 bits per heavy atom. The van der Waals surface area contributed by atoms with E-state index in [2.05, 4.69) is 11.2 Å². The number of anilines is 1. The molecule has 0 saturated heterocycles. The van der Waals surface area contributed by atoms with Gasteiger partial charge in [-0.15, -0.1) is 6.42 Å². The van der Waals surface area contributed by atoms with E-state index in [0.29, 0.717) is 18.1 Å². The number of benzene rings is 2. The monoisotopic (exact) mass is 362 g/mol. The Hall–Kier alpha value is -3.13. The molecule has 1 atom stereocenters. The van der Waals surface area contributed by atoms with Crippen LogP contribution in [0.15, 0.2) is 42.5 Å². The Morgan fingerprint density at radius 1 is 1.19 bits per heavy atom. The SMILES string of the molecule is C#CCOc1ccc([C@H]2Nc3ccccc3C(=O)N2C2CC2)cc1OCC. The number of nitrogens with one attached hydrogen (secondary N) is 1. The number of ether oxygens (including phenoxy) is 2. The summed E-state index contributed by atoms with van der Waals surface area (Å²) in [5, 5.41) is 3.52. The van der Waals surface area contributed by atoms with E-state index in [-0.39, 0.29) is 24.7 Å². The van der Waals surface area contributed by atoms with Crippen LogP contribution in [0.5, 0.6) is 11.5 Å². The first-order valence-corrected chi connectivity index (χ1v) is 9.24. The van der Waals surface area contributed by atoms with Crippen molar-refractivity contribution in [1.29, 1.82) is 0 Å². The highest BCUT2D eigenvalue weighted by Crippen LogP contribution is 2.42. The van der Waals surface area contributed by atoms with E-state index in [4.69, 9.17) is 15.9 Å². The second-order valence-corrected chi connectivity index (χ2v) is 6.67. The van der Waals surface area contributed by atoms with Crippen molar-refractivity contribution in [2.45, 2.75) is 32.0 Å². The topological polar surface area (TPSA) is 50.8 Å². The summed E-state index contributed by atoms with van der Waals surface area (Å²) in [7, 11) is 0. The standard InChI is InChI=1S/C22H22N2O3/c1-3-13-27-19-12-9-15(14-20(19)26-4-2)21-23-18-8-6-5-7-17(18)22(25)24(21)16-10-11-16/h1,5-9,12,14,16,21,23H,4,10-11,13H2,2H3/t21-/m0/s1. The van der Waals surface area contributed by atoms with Gasteiger partial charge in [-0.3, -0.25) is 4.79 Å². The molecule has 1 N–H and O–H groups in total. The van der Waals surface area contributed by atoms with Gasteiger partial charge in [0.25, 0.3) is 5.91 Å². The fraction of sp³-hybridized carbons (Fsp3) is 0.318. The second kappa shape index (κ2) is 7.24. The van der Waals surface area contributed by atoms with Crippen molar-refractivity contribution in [3.63, 3.8) is 0 Å². The molecule has 1 heterocycles. The van der Waals surface area contributed by atoms with E-state index in [1.54, 1.807) is 0 Å². The molecule has 1 fully saturated rings. The lowest BCUT2D eigenvalue weighted by Gasteiger charge is -2.38. The summed E-state index contributed by atoms with van der Waals surface area (Å²) in [4.78, 5) is 15.1. The molecule has 5 nitrogen and oxygen atoms in total. The Morgan fingerprint density at radius 2 is 2.00 bits per heavy atom. The number of hydrogen-bond donors (Lipinski definition) is 1. The van der Waals surface area contributed by atoms with Crippen molar-refractivity contribution in [2.75, 3.05) is 18.5 Å². The molecule has 27 heavy (non-hydrogen) atoms. The van der Waals surface area contributed by atoms with Crippen molar-refractivity contribution in [3.05, 3.63) is 53.6 Å². The van der Waals surface area contributed by atoms with E-state index in [1.165, 1.54) is 0 Å². The minimum atomic E-state index is -0.235. The largest absolute Gasteiger partial charge is 0.490 e. The highest BCUT2D eigenvalue weighted by Gasteiger charge is 2.42. The van der Waals surface area contributed by atoms with E-state index in [9.17, 15) is 4.79 Å². The molecule has 4 rings (SSSR count). The Kier molecular flexibility index (Phi) is 4.64. The number of carbonyl (C=O) groups excluding carboxylic acids is 1. The number of fused-ring (bicyclic) bond motifs is 1. The molecule has 1 aliphatic carbocycles. The van der Waals surface area contributed by atoms with E-state index in [1.807, 2.05) is 54.3 Å². The van der Waals surface area contributed by atoms with Crippen molar-refractivity contribution in [3.8, 4) is 23.8 Å². The van der Waals surface area contributed by atoms with Crippen molar-refractivity contribution in [1.82, 2.24) is 4.90 Å². The maximum absolute atomic E-state index is 13.1. The van der Waals surface area contributed by atoms with Crippen LogP contribution < -0.4 is 14.8 Å². The smallest absolute Gasteiger partial charge is 0.258 e. The van der Waals surface area contributed by atoms with Gasteiger partial charge in [-0.05, 0) is 49.6 Å². The normalized spacial score (nSPS) is 18.3. The fourth-order valence-corrected chi connectivity index (χ4v) is 3.44. The molecule has 2 aromatic rings. The molecule has 2 aromatic carbocycles. The lowest BCUT2D eigenvalue weighted by Crippen LogP contribution is -2.44. The first-order valence-electron chi connectivity index (χ1n) is 9.24. The van der Waals surface area contributed by atoms with Gasteiger partial charge < -0.3 is 19.7 Å². The molecule has 1 saturated carbocycles. The van der Waals surface area contributed by atoms with Crippen LogP contribution in [0.25, 0.3) is 0 Å². The van der Waals surface area contributed by atoms with Gasteiger partial charge in [-0.2, -0.15) is 0 Å². The quantitative estimate of drug-likeness (QED) is 0.794. The zero-order valence-electron chi connectivity index (χ0n) is 15.3. The number of carbonyl (C=O) groups is 1. The van der Waals surface area contributed by atoms with Crippen LogP contribution in [-0.4, -0.2) is 30.1 Å². The van der Waals surface area contributed by atoms with E-state index >= 15 is 0 Å².